The molecule has 0 unspecified atom stereocenters. The number of thiophene rings is 2. The Balaban J connectivity index is 0.000000106. The Morgan fingerprint density at radius 1 is 0.154 bits per heavy atom. The zero-order valence-corrected chi connectivity index (χ0v) is 71.5. The van der Waals surface area contributed by atoms with Crippen LogP contribution in [-0.2, 0) is 0 Å². The third-order valence-corrected chi connectivity index (χ3v) is 27.4. The molecule has 8 nitrogen and oxygen atoms in total. The molecule has 0 spiro atoms. The van der Waals surface area contributed by atoms with Gasteiger partial charge in [0.1, 0.15) is 22.3 Å². The van der Waals surface area contributed by atoms with E-state index in [4.69, 9.17) is 38.7 Å². The van der Waals surface area contributed by atoms with Crippen molar-refractivity contribution >= 4 is 172 Å². The predicted octanol–water partition coefficient (Wildman–Crippen LogP) is 33.6. The van der Waals surface area contributed by atoms with Crippen molar-refractivity contribution in [3.8, 4) is 112 Å². The molecule has 0 saturated heterocycles. The van der Waals surface area contributed by atoms with E-state index in [2.05, 4.69) is 303 Å². The fraction of sp³-hybridized carbons (Fsp3) is 0. The van der Waals surface area contributed by atoms with Gasteiger partial charge in [0, 0.05) is 95.3 Å². The maximum atomic E-state index is 6.27. The van der Waals surface area contributed by atoms with E-state index < -0.39 is 0 Å². The molecule has 0 atom stereocenters. The molecule has 7 aromatic heterocycles. The van der Waals surface area contributed by atoms with Crippen molar-refractivity contribution in [2.75, 3.05) is 0 Å². The van der Waals surface area contributed by atoms with Gasteiger partial charge < -0.3 is 8.83 Å². The Bertz CT molecular complexity index is 9220. The first-order chi connectivity index (χ1) is 64.4. The molecule has 0 amide bonds. The number of para-hydroxylation sites is 8. The number of hydrogen-bond acceptors (Lipinski definition) is 10. The lowest BCUT2D eigenvalue weighted by Crippen LogP contribution is -1.96. The Kier molecular flexibility index (Phi) is 18.5. The first kappa shape index (κ1) is 75.7. The van der Waals surface area contributed by atoms with Crippen LogP contribution in [0.25, 0.3) is 262 Å². The molecule has 0 saturated carbocycles. The van der Waals surface area contributed by atoms with Crippen LogP contribution in [0.4, 0.5) is 0 Å². The van der Waals surface area contributed by atoms with Crippen LogP contribution in [0.2, 0.25) is 0 Å². The fourth-order valence-electron chi connectivity index (χ4n) is 19.0. The van der Waals surface area contributed by atoms with Crippen LogP contribution in [0.1, 0.15) is 0 Å². The molecule has 10 heteroatoms. The van der Waals surface area contributed by atoms with Gasteiger partial charge in [0.15, 0.2) is 0 Å². The molecule has 0 aliphatic heterocycles. The summed E-state index contributed by atoms with van der Waals surface area (Å²) in [5.41, 5.74) is 29.7. The van der Waals surface area contributed by atoms with Gasteiger partial charge in [-0.15, -0.1) is 22.7 Å². The molecule has 0 bridgehead atoms. The molecule has 7 heterocycles. The minimum Gasteiger partial charge on any atom is -0.456 e. The molecule has 0 fully saturated rings. The van der Waals surface area contributed by atoms with E-state index in [1.54, 1.807) is 0 Å². The van der Waals surface area contributed by atoms with Gasteiger partial charge in [-0.2, -0.15) is 0 Å². The van der Waals surface area contributed by atoms with Crippen molar-refractivity contribution in [1.82, 2.24) is 29.9 Å². The van der Waals surface area contributed by atoms with Crippen LogP contribution < -0.4 is 0 Å². The number of rotatable bonds is 10. The highest BCUT2D eigenvalue weighted by molar-refractivity contribution is 7.26. The van der Waals surface area contributed by atoms with Crippen LogP contribution in [0.15, 0.2) is 446 Å². The summed E-state index contributed by atoms with van der Waals surface area (Å²) in [4.78, 5) is 31.1. The quantitative estimate of drug-likeness (QED) is 0.133. The van der Waals surface area contributed by atoms with Gasteiger partial charge in [-0.05, 0) is 198 Å². The lowest BCUT2D eigenvalue weighted by molar-refractivity contribution is 0.669. The van der Waals surface area contributed by atoms with E-state index >= 15 is 0 Å². The summed E-state index contributed by atoms with van der Waals surface area (Å²) >= 11 is 3.72. The first-order valence-corrected chi connectivity index (χ1v) is 45.3. The topological polar surface area (TPSA) is 104 Å². The van der Waals surface area contributed by atoms with Crippen molar-refractivity contribution in [3.05, 3.63) is 437 Å². The van der Waals surface area contributed by atoms with E-state index in [0.29, 0.717) is 0 Å². The van der Waals surface area contributed by atoms with E-state index in [1.165, 1.54) is 95.1 Å². The predicted molar refractivity (Wildman–Crippen MR) is 546 cm³/mol. The van der Waals surface area contributed by atoms with Crippen molar-refractivity contribution in [3.63, 3.8) is 0 Å². The smallest absolute Gasteiger partial charge is 0.136 e. The third-order valence-electron chi connectivity index (χ3n) is 25.2. The maximum Gasteiger partial charge on any atom is 0.136 e. The highest BCUT2D eigenvalue weighted by Crippen LogP contribution is 2.47. The lowest BCUT2D eigenvalue weighted by atomic mass is 9.94. The summed E-state index contributed by atoms with van der Waals surface area (Å²) in [5, 5.41) is 17.0. The van der Waals surface area contributed by atoms with Crippen LogP contribution in [0, 0.1) is 0 Å². The molecule has 27 rings (SSSR count). The average Bonchev–Trinajstić information content (AvgIpc) is 1.49. The molecule has 0 N–H and O–H groups in total. The summed E-state index contributed by atoms with van der Waals surface area (Å²) in [6.07, 6.45) is 0. The summed E-state index contributed by atoms with van der Waals surface area (Å²) in [7, 11) is 0. The number of hydrogen-bond donors (Lipinski definition) is 0. The number of aromatic nitrogens is 6. The molecule has 0 radical (unpaired) electrons. The van der Waals surface area contributed by atoms with Gasteiger partial charge in [0.25, 0.3) is 0 Å². The molecular weight excluding hydrogens is 1620 g/mol. The van der Waals surface area contributed by atoms with Crippen LogP contribution in [-0.4, -0.2) is 29.9 Å². The minimum atomic E-state index is 0.844. The first-order valence-electron chi connectivity index (χ1n) is 43.7. The standard InChI is InChI=1S/C42H24N2OS.C42H26N2S.C36H22N2O/c1-5-19-36-30(14-1)40-31(16-9-20-37(40)45-36)42-41(43-34-17-3-4-18-35(34)44-42)27-12-7-10-25(22-27)28-15-8-11-26-23-33-29-13-2-6-21-38(29)46-39(33)24-32(26)28;1-2-10-27(11-3-1)28-20-22-29(23-21-28)41-42(44-38-18-6-5-17-37(38)43-41)32-14-8-12-30(24-32)33-16-9-13-31-25-36-34-15-4-7-19-39(34)45-40(36)26-35(31)33;1-2-10-23(11-3-1)35-36(38-32-18-6-5-17-31(32)37-35)26-14-8-12-24(20-26)27-16-9-13-25-21-30-28-15-4-7-19-33(28)39-34(30)22-29(25)27/h1-24H;1-26H;1-22H. The van der Waals surface area contributed by atoms with Crippen LogP contribution >= 0.6 is 22.7 Å². The van der Waals surface area contributed by atoms with Crippen molar-refractivity contribution < 1.29 is 8.83 Å². The lowest BCUT2D eigenvalue weighted by Gasteiger charge is -2.13. The highest BCUT2D eigenvalue weighted by Gasteiger charge is 2.24. The van der Waals surface area contributed by atoms with Crippen molar-refractivity contribution in [2.45, 2.75) is 0 Å². The van der Waals surface area contributed by atoms with Crippen LogP contribution in [0.3, 0.4) is 0 Å². The fourth-order valence-corrected chi connectivity index (χ4v) is 21.2. The van der Waals surface area contributed by atoms with Gasteiger partial charge >= 0.3 is 0 Å². The highest BCUT2D eigenvalue weighted by atomic mass is 32.1. The maximum absolute atomic E-state index is 6.27. The van der Waals surface area contributed by atoms with Crippen molar-refractivity contribution in [2.24, 2.45) is 0 Å². The largest absolute Gasteiger partial charge is 0.456 e. The molecule has 0 aliphatic rings. The zero-order chi connectivity index (χ0) is 85.7. The second kappa shape index (κ2) is 31.7. The second-order valence-corrected chi connectivity index (χ2v) is 35.1. The Morgan fingerprint density at radius 2 is 0.462 bits per heavy atom. The molecule has 20 aromatic carbocycles. The summed E-state index contributed by atoms with van der Waals surface area (Å²) in [5.74, 6) is 0. The van der Waals surface area contributed by atoms with E-state index in [-0.39, 0.29) is 0 Å². The summed E-state index contributed by atoms with van der Waals surface area (Å²) in [6.45, 7) is 0. The third kappa shape index (κ3) is 13.5. The Labute approximate surface area is 754 Å². The van der Waals surface area contributed by atoms with Gasteiger partial charge in [-0.25, -0.2) is 29.9 Å². The average molecular weight is 1690 g/mol. The molecule has 606 valence electrons. The van der Waals surface area contributed by atoms with Crippen molar-refractivity contribution in [1.29, 1.82) is 0 Å². The molecule has 27 aromatic rings. The van der Waals surface area contributed by atoms with E-state index in [9.17, 15) is 0 Å². The van der Waals surface area contributed by atoms with Gasteiger partial charge in [-0.1, -0.05) is 315 Å². The Hall–Kier alpha value is -16.8. The van der Waals surface area contributed by atoms with E-state index in [1.807, 2.05) is 156 Å². The van der Waals surface area contributed by atoms with E-state index in [0.717, 1.165) is 167 Å². The zero-order valence-electron chi connectivity index (χ0n) is 69.9. The monoisotopic (exact) mass is 1690 g/mol. The minimum absolute atomic E-state index is 0.844. The van der Waals surface area contributed by atoms with Crippen LogP contribution in [0.5, 0.6) is 0 Å². The molecule has 130 heavy (non-hydrogen) atoms. The van der Waals surface area contributed by atoms with Gasteiger partial charge in [-0.3, -0.25) is 0 Å². The number of fused-ring (bicyclic) bond motifs is 18. The summed E-state index contributed by atoms with van der Waals surface area (Å²) in [6, 6.07) is 153. The molecular formula is C120H72N6O2S2. The SMILES string of the molecule is c1cc(-c2nc3ccccc3nc2-c2cccc3oc4ccccc4c23)cc(-c2cccc3cc4c(cc23)sc2ccccc24)c1.c1ccc(-c2ccc(-c3nc4ccccc4nc3-c3cccc(-c4cccc5cc6c(cc45)sc4ccccc46)c3)cc2)cc1.c1ccc(-c2nc3ccccc3nc2-c2cccc(-c3cccc4cc5c(cc34)oc3ccccc35)c2)cc1. The number of benzene rings is 20. The number of nitrogens with zero attached hydrogens (tertiary/aromatic N) is 6. The Morgan fingerprint density at radius 3 is 0.946 bits per heavy atom. The van der Waals surface area contributed by atoms with Gasteiger partial charge in [0.2, 0.25) is 0 Å². The molecule has 0 aliphatic carbocycles. The number of furan rings is 2. The van der Waals surface area contributed by atoms with Gasteiger partial charge in [0.05, 0.1) is 67.3 Å². The normalized spacial score (nSPS) is 11.7. The second-order valence-electron chi connectivity index (χ2n) is 33.0. The summed E-state index contributed by atoms with van der Waals surface area (Å²) < 4.78 is 17.8.